The van der Waals surface area contributed by atoms with E-state index < -0.39 is 0 Å². The van der Waals surface area contributed by atoms with Crippen molar-refractivity contribution in [3.8, 4) is 6.19 Å². The molecule has 4 nitrogen and oxygen atoms in total. The van der Waals surface area contributed by atoms with Crippen LogP contribution in [-0.2, 0) is 0 Å². The first kappa shape index (κ1) is 10.8. The van der Waals surface area contributed by atoms with E-state index in [1.807, 2.05) is 6.19 Å². The van der Waals surface area contributed by atoms with Crippen molar-refractivity contribution in [3.05, 3.63) is 0 Å². The van der Waals surface area contributed by atoms with Gasteiger partial charge in [-0.15, -0.1) is 0 Å². The second-order valence-electron chi connectivity index (χ2n) is 2.70. The Labute approximate surface area is 73.5 Å². The Bertz CT molecular complexity index is 170. The fourth-order valence-electron chi connectivity index (χ4n) is 0.921. The Hall–Kier alpha value is -1.24. The molecule has 0 rings (SSSR count). The molecular formula is C8H16N4. The maximum absolute atomic E-state index is 8.51. The standard InChI is InChI=1S/C8H16N4/c1-2-3-4-5-6-12(7-9)8(10)11/h2-6H2,1H3,(H3,10,11). The Morgan fingerprint density at radius 3 is 2.58 bits per heavy atom. The lowest BCUT2D eigenvalue weighted by molar-refractivity contribution is 0.514. The average molecular weight is 168 g/mol. The van der Waals surface area contributed by atoms with Crippen LogP contribution >= 0.6 is 0 Å². The first-order valence-electron chi connectivity index (χ1n) is 4.23. The molecule has 0 spiro atoms. The van der Waals surface area contributed by atoms with Gasteiger partial charge in [-0.2, -0.15) is 5.26 Å². The van der Waals surface area contributed by atoms with E-state index >= 15 is 0 Å². The SMILES string of the molecule is CCCCCCN(C#N)C(=N)N. The van der Waals surface area contributed by atoms with E-state index in [0.717, 1.165) is 12.8 Å². The van der Waals surface area contributed by atoms with Crippen LogP contribution in [0.3, 0.4) is 0 Å². The van der Waals surface area contributed by atoms with Gasteiger partial charge in [0.2, 0.25) is 5.96 Å². The molecule has 3 N–H and O–H groups in total. The second-order valence-corrected chi connectivity index (χ2v) is 2.70. The molecule has 0 aliphatic carbocycles. The van der Waals surface area contributed by atoms with Gasteiger partial charge in [0.1, 0.15) is 0 Å². The average Bonchev–Trinajstić information content (AvgIpc) is 2.04. The fraction of sp³-hybridized carbons (Fsp3) is 0.750. The first-order valence-corrected chi connectivity index (χ1v) is 4.23. The summed E-state index contributed by atoms with van der Waals surface area (Å²) in [6.45, 7) is 2.71. The number of nitrogens with zero attached hydrogens (tertiary/aromatic N) is 2. The number of guanidine groups is 1. The predicted octanol–water partition coefficient (Wildman–Crippen LogP) is 1.24. The summed E-state index contributed by atoms with van der Waals surface area (Å²) in [5, 5.41) is 15.5. The van der Waals surface area contributed by atoms with E-state index in [4.69, 9.17) is 16.4 Å². The van der Waals surface area contributed by atoms with Gasteiger partial charge >= 0.3 is 0 Å². The summed E-state index contributed by atoms with van der Waals surface area (Å²) in [7, 11) is 0. The normalized spacial score (nSPS) is 9.00. The zero-order chi connectivity index (χ0) is 9.40. The highest BCUT2D eigenvalue weighted by atomic mass is 15.2. The number of hydrogen-bond acceptors (Lipinski definition) is 2. The van der Waals surface area contributed by atoms with Gasteiger partial charge in [-0.1, -0.05) is 26.2 Å². The van der Waals surface area contributed by atoms with E-state index in [0.29, 0.717) is 6.54 Å². The molecule has 68 valence electrons. The van der Waals surface area contributed by atoms with Gasteiger partial charge in [-0.25, -0.2) is 4.90 Å². The maximum Gasteiger partial charge on any atom is 0.201 e. The molecule has 12 heavy (non-hydrogen) atoms. The molecule has 0 atom stereocenters. The summed E-state index contributed by atoms with van der Waals surface area (Å²) in [5.41, 5.74) is 5.15. The third-order valence-electron chi connectivity index (χ3n) is 1.65. The van der Waals surface area contributed by atoms with Crippen molar-refractivity contribution in [3.63, 3.8) is 0 Å². The van der Waals surface area contributed by atoms with Gasteiger partial charge in [-0.05, 0) is 6.42 Å². The molecule has 0 bridgehead atoms. The van der Waals surface area contributed by atoms with Crippen LogP contribution in [0.4, 0.5) is 0 Å². The van der Waals surface area contributed by atoms with Gasteiger partial charge in [0.25, 0.3) is 0 Å². The summed E-state index contributed by atoms with van der Waals surface area (Å²) in [4.78, 5) is 1.20. The summed E-state index contributed by atoms with van der Waals surface area (Å²) in [5.74, 6) is -0.158. The van der Waals surface area contributed by atoms with Crippen molar-refractivity contribution in [2.75, 3.05) is 6.54 Å². The number of nitrogens with two attached hydrogens (primary N) is 1. The number of unbranched alkanes of at least 4 members (excludes halogenated alkanes) is 3. The topological polar surface area (TPSA) is 76.9 Å². The van der Waals surface area contributed by atoms with Crippen LogP contribution in [0.15, 0.2) is 0 Å². The third kappa shape index (κ3) is 4.56. The Kier molecular flexibility index (Phi) is 5.80. The molecule has 0 fully saturated rings. The number of rotatable bonds is 5. The highest BCUT2D eigenvalue weighted by Gasteiger charge is 2.02. The molecule has 0 radical (unpaired) electrons. The van der Waals surface area contributed by atoms with Gasteiger partial charge < -0.3 is 5.73 Å². The third-order valence-corrected chi connectivity index (χ3v) is 1.65. The molecule has 0 saturated heterocycles. The molecular weight excluding hydrogens is 152 g/mol. The maximum atomic E-state index is 8.51. The summed E-state index contributed by atoms with van der Waals surface area (Å²) >= 11 is 0. The minimum atomic E-state index is -0.158. The Morgan fingerprint density at radius 1 is 1.50 bits per heavy atom. The summed E-state index contributed by atoms with van der Waals surface area (Å²) in [6, 6.07) is 0. The van der Waals surface area contributed by atoms with Crippen LogP contribution in [-0.4, -0.2) is 17.4 Å². The van der Waals surface area contributed by atoms with Crippen molar-refractivity contribution in [1.82, 2.24) is 4.90 Å². The minimum Gasteiger partial charge on any atom is -0.369 e. The Morgan fingerprint density at radius 2 is 2.17 bits per heavy atom. The molecule has 0 aromatic heterocycles. The van der Waals surface area contributed by atoms with E-state index in [1.165, 1.54) is 17.7 Å². The van der Waals surface area contributed by atoms with Crippen molar-refractivity contribution in [2.45, 2.75) is 32.6 Å². The summed E-state index contributed by atoms with van der Waals surface area (Å²) in [6.07, 6.45) is 6.24. The quantitative estimate of drug-likeness (QED) is 0.213. The largest absolute Gasteiger partial charge is 0.369 e. The molecule has 0 saturated carbocycles. The van der Waals surface area contributed by atoms with Crippen LogP contribution in [0.25, 0.3) is 0 Å². The van der Waals surface area contributed by atoms with Crippen LogP contribution in [0.2, 0.25) is 0 Å². The number of hydrogen-bond donors (Lipinski definition) is 2. The molecule has 0 amide bonds. The van der Waals surface area contributed by atoms with Gasteiger partial charge in [0.05, 0.1) is 0 Å². The highest BCUT2D eigenvalue weighted by molar-refractivity contribution is 5.76. The van der Waals surface area contributed by atoms with E-state index in [1.54, 1.807) is 0 Å². The monoisotopic (exact) mass is 168 g/mol. The van der Waals surface area contributed by atoms with Crippen molar-refractivity contribution >= 4 is 5.96 Å². The first-order chi connectivity index (χ1) is 5.72. The minimum absolute atomic E-state index is 0.158. The molecule has 0 aliphatic heterocycles. The molecule has 0 aromatic rings. The molecule has 0 aliphatic rings. The molecule has 0 unspecified atom stereocenters. The van der Waals surface area contributed by atoms with Gasteiger partial charge in [0, 0.05) is 6.54 Å². The molecule has 0 heterocycles. The van der Waals surface area contributed by atoms with Crippen LogP contribution in [0, 0.1) is 16.9 Å². The lowest BCUT2D eigenvalue weighted by Crippen LogP contribution is -2.33. The van der Waals surface area contributed by atoms with Crippen molar-refractivity contribution in [2.24, 2.45) is 5.73 Å². The zero-order valence-corrected chi connectivity index (χ0v) is 7.51. The van der Waals surface area contributed by atoms with Crippen molar-refractivity contribution in [1.29, 1.82) is 10.7 Å². The van der Waals surface area contributed by atoms with Crippen LogP contribution < -0.4 is 5.73 Å². The zero-order valence-electron chi connectivity index (χ0n) is 7.51. The predicted molar refractivity (Wildman–Crippen MR) is 48.4 cm³/mol. The fourth-order valence-corrected chi connectivity index (χ4v) is 0.921. The lowest BCUT2D eigenvalue weighted by atomic mass is 10.2. The highest BCUT2D eigenvalue weighted by Crippen LogP contribution is 1.99. The van der Waals surface area contributed by atoms with Crippen LogP contribution in [0.5, 0.6) is 0 Å². The van der Waals surface area contributed by atoms with Crippen LogP contribution in [0.1, 0.15) is 32.6 Å². The van der Waals surface area contributed by atoms with E-state index in [2.05, 4.69) is 6.92 Å². The molecule has 0 aromatic carbocycles. The van der Waals surface area contributed by atoms with Gasteiger partial charge in [-0.3, -0.25) is 5.41 Å². The lowest BCUT2D eigenvalue weighted by Gasteiger charge is -2.11. The van der Waals surface area contributed by atoms with Crippen molar-refractivity contribution < 1.29 is 0 Å². The smallest absolute Gasteiger partial charge is 0.201 e. The summed E-state index contributed by atoms with van der Waals surface area (Å²) < 4.78 is 0. The van der Waals surface area contributed by atoms with E-state index in [-0.39, 0.29) is 5.96 Å². The number of nitrogens with one attached hydrogen (secondary N) is 1. The Balaban J connectivity index is 3.47. The molecule has 4 heteroatoms. The van der Waals surface area contributed by atoms with Gasteiger partial charge in [0.15, 0.2) is 6.19 Å². The second kappa shape index (κ2) is 6.47. The van der Waals surface area contributed by atoms with E-state index in [9.17, 15) is 0 Å². The number of nitriles is 1.